The van der Waals surface area contributed by atoms with Gasteiger partial charge in [-0.3, -0.25) is 10.6 Å². The molecule has 2 amide bonds. The molecule has 0 fully saturated rings. The number of pyridine rings is 1. The van der Waals surface area contributed by atoms with Crippen LogP contribution in [0.4, 0.5) is 15.7 Å². The largest absolute Gasteiger partial charge is 0.326 e. The van der Waals surface area contributed by atoms with Crippen LogP contribution in [-0.4, -0.2) is 16.0 Å². The van der Waals surface area contributed by atoms with E-state index in [1.807, 2.05) is 31.2 Å². The number of halogens is 1. The van der Waals surface area contributed by atoms with Crippen molar-refractivity contribution in [2.24, 2.45) is 0 Å². The minimum absolute atomic E-state index is 0.386. The number of nitrogens with one attached hydrogen (secondary N) is 2. The first-order chi connectivity index (χ1) is 10.1. The van der Waals surface area contributed by atoms with E-state index in [0.717, 1.165) is 10.4 Å². The highest BCUT2D eigenvalue weighted by atomic mass is 35.5. The maximum absolute atomic E-state index is 11.9. The Bertz CT molecular complexity index is 818. The van der Waals surface area contributed by atoms with Gasteiger partial charge in [0.2, 0.25) is 0 Å². The molecule has 0 unspecified atom stereocenters. The van der Waals surface area contributed by atoms with Gasteiger partial charge in [0.15, 0.2) is 5.13 Å². The summed E-state index contributed by atoms with van der Waals surface area (Å²) < 4.78 is 0.923. The Kier molecular flexibility index (Phi) is 3.72. The maximum atomic E-state index is 11.9. The van der Waals surface area contributed by atoms with Crippen LogP contribution in [0.5, 0.6) is 0 Å². The maximum Gasteiger partial charge on any atom is 0.326 e. The number of fused-ring (bicyclic) bond motifs is 1. The Balaban J connectivity index is 1.75. The lowest BCUT2D eigenvalue weighted by molar-refractivity contribution is 0.262. The molecular formula is C14H11ClN4OS. The van der Waals surface area contributed by atoms with Gasteiger partial charge < -0.3 is 0 Å². The number of amides is 2. The highest BCUT2D eigenvalue weighted by Gasteiger charge is 2.10. The van der Waals surface area contributed by atoms with Crippen molar-refractivity contribution in [3.05, 3.63) is 47.1 Å². The van der Waals surface area contributed by atoms with Gasteiger partial charge in [-0.05, 0) is 31.2 Å². The molecule has 7 heteroatoms. The molecule has 0 spiro atoms. The molecular weight excluding hydrogens is 308 g/mol. The van der Waals surface area contributed by atoms with Crippen molar-refractivity contribution < 1.29 is 4.79 Å². The summed E-state index contributed by atoms with van der Waals surface area (Å²) in [5, 5.41) is 6.40. The first kappa shape index (κ1) is 13.8. The molecule has 0 saturated carbocycles. The number of hydrogen-bond donors (Lipinski definition) is 2. The van der Waals surface area contributed by atoms with E-state index >= 15 is 0 Å². The van der Waals surface area contributed by atoms with Gasteiger partial charge in [0.05, 0.1) is 9.72 Å². The van der Waals surface area contributed by atoms with Crippen LogP contribution in [0.1, 0.15) is 5.69 Å². The van der Waals surface area contributed by atoms with E-state index in [2.05, 4.69) is 20.6 Å². The third-order valence-electron chi connectivity index (χ3n) is 2.72. The molecule has 0 saturated heterocycles. The molecule has 5 nitrogen and oxygen atoms in total. The molecule has 0 aliphatic heterocycles. The van der Waals surface area contributed by atoms with Crippen LogP contribution < -0.4 is 10.6 Å². The van der Waals surface area contributed by atoms with Gasteiger partial charge >= 0.3 is 6.03 Å². The molecule has 3 aromatic rings. The molecule has 3 rings (SSSR count). The summed E-state index contributed by atoms with van der Waals surface area (Å²) in [5.41, 5.74) is 1.52. The molecule has 0 atom stereocenters. The average Bonchev–Trinajstić information content (AvgIpc) is 2.82. The van der Waals surface area contributed by atoms with Crippen molar-refractivity contribution in [2.75, 3.05) is 10.6 Å². The average molecular weight is 319 g/mol. The van der Waals surface area contributed by atoms with E-state index in [-0.39, 0.29) is 6.03 Å². The van der Waals surface area contributed by atoms with Crippen LogP contribution >= 0.6 is 22.9 Å². The van der Waals surface area contributed by atoms with E-state index in [0.29, 0.717) is 21.5 Å². The molecule has 0 radical (unpaired) electrons. The van der Waals surface area contributed by atoms with Crippen LogP contribution in [0, 0.1) is 6.92 Å². The fourth-order valence-electron chi connectivity index (χ4n) is 1.83. The minimum atomic E-state index is -0.386. The lowest BCUT2D eigenvalue weighted by Gasteiger charge is -2.04. The zero-order valence-electron chi connectivity index (χ0n) is 11.1. The van der Waals surface area contributed by atoms with Crippen molar-refractivity contribution in [3.63, 3.8) is 0 Å². The fraction of sp³-hybridized carbons (Fsp3) is 0.0714. The summed E-state index contributed by atoms with van der Waals surface area (Å²) in [6, 6.07) is 10.6. The van der Waals surface area contributed by atoms with Crippen LogP contribution in [0.2, 0.25) is 5.02 Å². The second kappa shape index (κ2) is 5.67. The number of benzene rings is 1. The number of anilines is 2. The molecule has 21 heavy (non-hydrogen) atoms. The zero-order chi connectivity index (χ0) is 14.8. The Morgan fingerprint density at radius 1 is 1.14 bits per heavy atom. The molecule has 106 valence electrons. The predicted octanol–water partition coefficient (Wildman–Crippen LogP) is 4.30. The Labute approximate surface area is 130 Å². The number of rotatable bonds is 2. The fourth-order valence-corrected chi connectivity index (χ4v) is 2.99. The van der Waals surface area contributed by atoms with Crippen molar-refractivity contribution in [3.8, 4) is 0 Å². The second-order valence-electron chi connectivity index (χ2n) is 4.35. The van der Waals surface area contributed by atoms with Gasteiger partial charge in [-0.1, -0.05) is 35.1 Å². The monoisotopic (exact) mass is 318 g/mol. The van der Waals surface area contributed by atoms with E-state index in [4.69, 9.17) is 11.6 Å². The van der Waals surface area contributed by atoms with Gasteiger partial charge in [0, 0.05) is 5.69 Å². The molecule has 2 heterocycles. The smallest absolute Gasteiger partial charge is 0.292 e. The number of para-hydroxylation sites is 1. The predicted molar refractivity (Wildman–Crippen MR) is 86.2 cm³/mol. The molecule has 1 aromatic carbocycles. The number of thiazole rings is 1. The quantitative estimate of drug-likeness (QED) is 0.740. The van der Waals surface area contributed by atoms with Crippen LogP contribution in [0.15, 0.2) is 36.4 Å². The van der Waals surface area contributed by atoms with Crippen LogP contribution in [0.3, 0.4) is 0 Å². The number of nitrogens with zero attached hydrogens (tertiary/aromatic N) is 2. The minimum Gasteiger partial charge on any atom is -0.292 e. The number of aryl methyl sites for hydroxylation is 1. The molecule has 0 aliphatic carbocycles. The molecule has 0 bridgehead atoms. The van der Waals surface area contributed by atoms with Crippen molar-refractivity contribution in [1.29, 1.82) is 0 Å². The standard InChI is InChI=1S/C14H11ClN4OS/c1-8-4-2-7-11(16-8)17-13(20)19-14-18-12-9(15)5-3-6-10(12)21-14/h2-7H,1H3,(H2,16,17,18,19,20). The van der Waals surface area contributed by atoms with Crippen LogP contribution in [0.25, 0.3) is 10.2 Å². The van der Waals surface area contributed by atoms with Gasteiger partial charge in [0.25, 0.3) is 0 Å². The Morgan fingerprint density at radius 2 is 1.95 bits per heavy atom. The Morgan fingerprint density at radius 3 is 2.71 bits per heavy atom. The van der Waals surface area contributed by atoms with Crippen LogP contribution in [-0.2, 0) is 0 Å². The molecule has 2 N–H and O–H groups in total. The molecule has 0 aliphatic rings. The summed E-state index contributed by atoms with van der Waals surface area (Å²) in [7, 11) is 0. The number of aromatic nitrogens is 2. The number of urea groups is 1. The highest BCUT2D eigenvalue weighted by molar-refractivity contribution is 7.22. The first-order valence-corrected chi connectivity index (χ1v) is 7.38. The zero-order valence-corrected chi connectivity index (χ0v) is 12.6. The van der Waals surface area contributed by atoms with Crippen molar-refractivity contribution in [1.82, 2.24) is 9.97 Å². The topological polar surface area (TPSA) is 66.9 Å². The van der Waals surface area contributed by atoms with Gasteiger partial charge in [0.1, 0.15) is 11.3 Å². The number of carbonyl (C=O) groups is 1. The second-order valence-corrected chi connectivity index (χ2v) is 5.79. The number of carbonyl (C=O) groups excluding carboxylic acids is 1. The third kappa shape index (κ3) is 3.12. The third-order valence-corrected chi connectivity index (χ3v) is 3.96. The highest BCUT2D eigenvalue weighted by Crippen LogP contribution is 2.30. The lowest BCUT2D eigenvalue weighted by Crippen LogP contribution is -2.20. The summed E-state index contributed by atoms with van der Waals surface area (Å²) in [6.07, 6.45) is 0. The van der Waals surface area contributed by atoms with E-state index < -0.39 is 0 Å². The first-order valence-electron chi connectivity index (χ1n) is 6.18. The van der Waals surface area contributed by atoms with Crippen molar-refractivity contribution in [2.45, 2.75) is 6.92 Å². The van der Waals surface area contributed by atoms with E-state index in [9.17, 15) is 4.79 Å². The number of hydrogen-bond acceptors (Lipinski definition) is 4. The van der Waals surface area contributed by atoms with Gasteiger partial charge in [-0.25, -0.2) is 14.8 Å². The Hall–Kier alpha value is -2.18. The summed E-state index contributed by atoms with van der Waals surface area (Å²) >= 11 is 7.43. The normalized spacial score (nSPS) is 10.6. The van der Waals surface area contributed by atoms with Crippen molar-refractivity contribution >= 4 is 50.1 Å². The van der Waals surface area contributed by atoms with E-state index in [1.165, 1.54) is 11.3 Å². The van der Waals surface area contributed by atoms with Gasteiger partial charge in [-0.2, -0.15) is 0 Å². The summed E-state index contributed by atoms with van der Waals surface area (Å²) in [4.78, 5) is 20.4. The molecule has 2 aromatic heterocycles. The summed E-state index contributed by atoms with van der Waals surface area (Å²) in [6.45, 7) is 1.86. The lowest BCUT2D eigenvalue weighted by atomic mass is 10.3. The SMILES string of the molecule is Cc1cccc(NC(=O)Nc2nc3c(Cl)cccc3s2)n1. The van der Waals surface area contributed by atoms with E-state index in [1.54, 1.807) is 12.1 Å². The van der Waals surface area contributed by atoms with Gasteiger partial charge in [-0.15, -0.1) is 0 Å². The summed E-state index contributed by atoms with van der Waals surface area (Å²) in [5.74, 6) is 0.492.